The number of carbonyl (C=O) groups is 3. The number of carboxylic acids is 3. The van der Waals surface area contributed by atoms with Crippen molar-refractivity contribution in [1.82, 2.24) is 29.9 Å². The predicted octanol–water partition coefficient (Wildman–Crippen LogP) is 19.6. The van der Waals surface area contributed by atoms with E-state index in [0.717, 1.165) is 169 Å². The van der Waals surface area contributed by atoms with Crippen LogP contribution in [-0.4, -0.2) is 84.5 Å². The molecule has 0 atom stereocenters. The number of benzene rings is 6. The third kappa shape index (κ3) is 22.2. The van der Waals surface area contributed by atoms with Gasteiger partial charge in [-0.1, -0.05) is 93.6 Å². The number of aryl methyl sites for hydroxylation is 9. The number of hydrogen-bond donors (Lipinski definition) is 6. The first-order chi connectivity index (χ1) is 52.4. The first-order valence-electron chi connectivity index (χ1n) is 35.7. The summed E-state index contributed by atoms with van der Waals surface area (Å²) in [6.45, 7) is 16.1. The normalized spacial score (nSPS) is 10.8. The minimum atomic E-state index is -0.941. The second-order valence-electron chi connectivity index (χ2n) is 25.3. The van der Waals surface area contributed by atoms with E-state index in [2.05, 4.69) is 123 Å². The van der Waals surface area contributed by atoms with Crippen LogP contribution in [0.5, 0.6) is 17.2 Å². The molecule has 21 heteroatoms. The fraction of sp³-hybridized carbons (Fsp3) is 0.230. The summed E-state index contributed by atoms with van der Waals surface area (Å²) in [6, 6.07) is 58.8. The number of aromatic carboxylic acids is 1. The van der Waals surface area contributed by atoms with Crippen LogP contribution in [0.4, 0.5) is 34.5 Å². The lowest BCUT2D eigenvalue weighted by Crippen LogP contribution is -2.07. The molecular formula is C87H89N9O9S3. The molecule has 0 amide bonds. The van der Waals surface area contributed by atoms with E-state index in [1.807, 2.05) is 104 Å². The number of nitrogens with one attached hydrogen (secondary N) is 3. The largest absolute Gasteiger partial charge is 0.497 e. The van der Waals surface area contributed by atoms with Crippen molar-refractivity contribution in [3.63, 3.8) is 0 Å². The van der Waals surface area contributed by atoms with Gasteiger partial charge in [0, 0.05) is 65.5 Å². The molecule has 0 saturated heterocycles. The number of aliphatic carboxylic acids is 2. The number of hydrogen-bond acceptors (Lipinski definition) is 18. The first kappa shape index (κ1) is 78.9. The zero-order valence-corrected chi connectivity index (χ0v) is 64.2. The fourth-order valence-corrected chi connectivity index (χ4v) is 14.8. The maximum Gasteiger partial charge on any atom is 0.335 e. The Morgan fingerprint density at radius 2 is 0.713 bits per heavy atom. The van der Waals surface area contributed by atoms with Crippen molar-refractivity contribution < 1.29 is 43.9 Å². The van der Waals surface area contributed by atoms with Crippen LogP contribution in [0.3, 0.4) is 0 Å². The number of allylic oxidation sites excluding steroid dienone is 2. The highest BCUT2D eigenvalue weighted by Crippen LogP contribution is 2.36. The van der Waals surface area contributed by atoms with Gasteiger partial charge < -0.3 is 45.5 Å². The number of anilines is 6. The number of thiophene rings is 3. The van der Waals surface area contributed by atoms with Gasteiger partial charge in [-0.05, 0) is 227 Å². The maximum atomic E-state index is 11.2. The highest BCUT2D eigenvalue weighted by molar-refractivity contribution is 7.16. The Bertz CT molecular complexity index is 5000. The van der Waals surface area contributed by atoms with Gasteiger partial charge in [-0.2, -0.15) is 0 Å². The molecule has 6 aromatic heterocycles. The highest BCUT2D eigenvalue weighted by atomic mass is 32.1. The van der Waals surface area contributed by atoms with Crippen LogP contribution in [0.25, 0.3) is 32.1 Å². The molecule has 0 aliphatic carbocycles. The van der Waals surface area contributed by atoms with Gasteiger partial charge in [0.15, 0.2) is 17.5 Å². The highest BCUT2D eigenvalue weighted by Gasteiger charge is 2.20. The Kier molecular flexibility index (Phi) is 28.6. The van der Waals surface area contributed by atoms with Crippen LogP contribution in [0, 0.1) is 6.92 Å². The number of nitrogens with zero attached hydrogens (tertiary/aromatic N) is 6. The zero-order chi connectivity index (χ0) is 76.5. The van der Waals surface area contributed by atoms with Crippen molar-refractivity contribution in [2.24, 2.45) is 0 Å². The fourth-order valence-electron chi connectivity index (χ4n) is 11.9. The van der Waals surface area contributed by atoms with E-state index in [1.54, 1.807) is 79.6 Å². The van der Waals surface area contributed by atoms with Gasteiger partial charge in [0.1, 0.15) is 34.7 Å². The molecule has 12 rings (SSSR count). The summed E-state index contributed by atoms with van der Waals surface area (Å²) in [5, 5.41) is 37.4. The number of ether oxygens (including phenoxy) is 3. The molecule has 0 bridgehead atoms. The van der Waals surface area contributed by atoms with Crippen molar-refractivity contribution in [3.05, 3.63) is 289 Å². The molecule has 108 heavy (non-hydrogen) atoms. The van der Waals surface area contributed by atoms with E-state index < -0.39 is 17.9 Å². The summed E-state index contributed by atoms with van der Waals surface area (Å²) in [7, 11) is 5.03. The molecule has 0 aliphatic heterocycles. The van der Waals surface area contributed by atoms with Gasteiger partial charge in [0.25, 0.3) is 0 Å². The number of methoxy groups -OCH3 is 3. The van der Waals surface area contributed by atoms with Crippen LogP contribution in [0.1, 0.15) is 107 Å². The smallest absolute Gasteiger partial charge is 0.335 e. The van der Waals surface area contributed by atoms with Gasteiger partial charge in [-0.3, -0.25) is 9.59 Å². The first-order valence-corrected chi connectivity index (χ1v) is 38.2. The van der Waals surface area contributed by atoms with Crippen molar-refractivity contribution in [1.29, 1.82) is 0 Å². The van der Waals surface area contributed by atoms with E-state index in [4.69, 9.17) is 59.4 Å². The Labute approximate surface area is 643 Å². The van der Waals surface area contributed by atoms with E-state index in [0.29, 0.717) is 30.3 Å². The summed E-state index contributed by atoms with van der Waals surface area (Å²) in [4.78, 5) is 69.3. The maximum absolute atomic E-state index is 11.2. The Morgan fingerprint density at radius 1 is 0.389 bits per heavy atom. The Morgan fingerprint density at radius 3 is 1.05 bits per heavy atom. The van der Waals surface area contributed by atoms with E-state index in [-0.39, 0.29) is 18.4 Å². The second kappa shape index (κ2) is 39.1. The molecule has 6 aromatic carbocycles. The molecule has 6 heterocycles. The lowest BCUT2D eigenvalue weighted by Gasteiger charge is -2.15. The molecule has 0 fully saturated rings. The summed E-state index contributed by atoms with van der Waals surface area (Å²) in [6.07, 6.45) is 13.1. The molecule has 0 radical (unpaired) electrons. The van der Waals surface area contributed by atoms with Crippen molar-refractivity contribution in [3.8, 4) is 49.4 Å². The summed E-state index contributed by atoms with van der Waals surface area (Å²) >= 11 is 5.15. The van der Waals surface area contributed by atoms with Gasteiger partial charge in [-0.15, -0.1) is 47.2 Å². The van der Waals surface area contributed by atoms with Crippen LogP contribution in [-0.2, 0) is 93.1 Å². The molecule has 18 nitrogen and oxygen atoms in total. The molecular weight excluding hydrogens is 1410 g/mol. The SMILES string of the molecule is C=CCc1c(C)nc(-c2ccc(CCc3ccc(OC)cc3)s2)nc1Nc1ccc(CC(=O)O)cc1.C=CCc1c(CC)nc(-c2ccc(CCc3ccc(OC)cc3)s2)nc1Nc1ccc(CC(=O)O)cc1.CCc1nc(-c2ccc(CCc3ccc(OC)cc3)s2)nc(Nc2ccc(C(=O)O)cc2)c1CC. The molecule has 0 spiro atoms. The van der Waals surface area contributed by atoms with Crippen molar-refractivity contribution in [2.75, 3.05) is 37.3 Å². The number of rotatable bonds is 33. The lowest BCUT2D eigenvalue weighted by atomic mass is 10.1. The second-order valence-corrected chi connectivity index (χ2v) is 28.8. The minimum absolute atomic E-state index is 0.00118. The van der Waals surface area contributed by atoms with Crippen LogP contribution in [0.15, 0.2) is 207 Å². The third-order valence-corrected chi connectivity index (χ3v) is 21.2. The quantitative estimate of drug-likeness (QED) is 0.0209. The summed E-state index contributed by atoms with van der Waals surface area (Å²) in [5.74, 6) is 4.32. The molecule has 0 aliphatic rings. The minimum Gasteiger partial charge on any atom is -0.497 e. The molecule has 0 saturated carbocycles. The third-order valence-electron chi connectivity index (χ3n) is 17.8. The topological polar surface area (TPSA) is 253 Å². The van der Waals surface area contributed by atoms with Gasteiger partial charge in [0.2, 0.25) is 0 Å². The summed E-state index contributed by atoms with van der Waals surface area (Å²) in [5.41, 5.74) is 14.1. The van der Waals surface area contributed by atoms with Crippen LogP contribution in [0.2, 0.25) is 0 Å². The predicted molar refractivity (Wildman–Crippen MR) is 437 cm³/mol. The average molecular weight is 1500 g/mol. The van der Waals surface area contributed by atoms with Gasteiger partial charge in [-0.25, -0.2) is 34.7 Å². The monoisotopic (exact) mass is 1500 g/mol. The van der Waals surface area contributed by atoms with Crippen molar-refractivity contribution in [2.45, 2.75) is 111 Å². The van der Waals surface area contributed by atoms with E-state index >= 15 is 0 Å². The van der Waals surface area contributed by atoms with E-state index in [1.165, 1.54) is 31.3 Å². The van der Waals surface area contributed by atoms with E-state index in [9.17, 15) is 14.4 Å². The molecule has 6 N–H and O–H groups in total. The molecule has 0 unspecified atom stereocenters. The summed E-state index contributed by atoms with van der Waals surface area (Å²) < 4.78 is 15.7. The van der Waals surface area contributed by atoms with Gasteiger partial charge >= 0.3 is 17.9 Å². The molecule has 12 aromatic rings. The van der Waals surface area contributed by atoms with Crippen LogP contribution >= 0.6 is 34.0 Å². The Hall–Kier alpha value is -11.7. The number of carboxylic acid groups (broad SMARTS) is 3. The van der Waals surface area contributed by atoms with Crippen LogP contribution < -0.4 is 30.2 Å². The molecule has 554 valence electrons. The average Bonchev–Trinajstić information content (AvgIpc) is 1.44. The van der Waals surface area contributed by atoms with Crippen molar-refractivity contribution >= 4 is 86.4 Å². The standard InChI is InChI=1S/C30H31N3O3S.C29H29N3O3S.C28H29N3O3S/c1-4-6-25-26(5-2)32-30(33-29(25)31-22-12-7-21(8-13-22)19-28(34)35)27-18-17-24(37-27)16-11-20-9-14-23(36-3)15-10-20;1-4-5-25-19(2)30-29(32-28(25)31-22-11-6-21(7-12-22)18-27(33)34)26-17-16-24(36-26)15-10-20-8-13-23(35-3)14-9-20;1-4-23-24(5-2)30-27(31-26(23)29-20-11-9-19(10-12-20)28(32)33)25-17-16-22(35-25)15-8-18-6-13-21(34-3)14-7-18/h4,7-10,12-15,17-18H,1,5-6,11,16,19H2,2-3H3,(H,34,35)(H,31,32,33);4,6-9,11-14,16-17H,1,5,10,15,18H2,2-3H3,(H,33,34)(H,30,31,32);6-7,9-14,16-17H,4-5,8,15H2,1-3H3,(H,32,33)(H,29,30,31). The Balaban J connectivity index is 0.000000173. The lowest BCUT2D eigenvalue weighted by molar-refractivity contribution is -0.137. The zero-order valence-electron chi connectivity index (χ0n) is 61.8. The number of aromatic nitrogens is 6. The van der Waals surface area contributed by atoms with Gasteiger partial charge in [0.05, 0.1) is 54.4 Å².